The standard InChI is InChI=1S/C14H20FN3O2/c15-12-5-1-2-6-13(12)17-14(20)18(8-9-19)10-11-4-3-7-16-11/h1-2,5-6,11,16,19H,3-4,7-10H2,(H,17,20). The SMILES string of the molecule is O=C(Nc1ccccc1F)N(CCO)CC1CCCN1. The van der Waals surface area contributed by atoms with Gasteiger partial charge in [0.2, 0.25) is 0 Å². The molecule has 1 aromatic rings. The smallest absolute Gasteiger partial charge is 0.322 e. The van der Waals surface area contributed by atoms with Gasteiger partial charge in [0.1, 0.15) is 5.82 Å². The van der Waals surface area contributed by atoms with Crippen LogP contribution >= 0.6 is 0 Å². The van der Waals surface area contributed by atoms with Crippen LogP contribution in [0.25, 0.3) is 0 Å². The van der Waals surface area contributed by atoms with Crippen molar-refractivity contribution in [3.63, 3.8) is 0 Å². The fourth-order valence-corrected chi connectivity index (χ4v) is 2.33. The second-order valence-electron chi connectivity index (χ2n) is 4.87. The van der Waals surface area contributed by atoms with Crippen molar-refractivity contribution in [2.24, 2.45) is 0 Å². The molecule has 1 atom stereocenters. The average molecular weight is 281 g/mol. The number of nitrogens with one attached hydrogen (secondary N) is 2. The minimum absolute atomic E-state index is 0.114. The van der Waals surface area contributed by atoms with Gasteiger partial charge in [0.05, 0.1) is 12.3 Å². The van der Waals surface area contributed by atoms with Crippen molar-refractivity contribution < 1.29 is 14.3 Å². The van der Waals surface area contributed by atoms with Gasteiger partial charge in [-0.2, -0.15) is 0 Å². The summed E-state index contributed by atoms with van der Waals surface area (Å²) in [5.41, 5.74) is 0.153. The molecule has 1 aliphatic heterocycles. The molecular formula is C14H20FN3O2. The van der Waals surface area contributed by atoms with Crippen molar-refractivity contribution in [2.45, 2.75) is 18.9 Å². The third-order valence-electron chi connectivity index (χ3n) is 3.38. The molecule has 1 aliphatic rings. The summed E-state index contributed by atoms with van der Waals surface area (Å²) in [5, 5.41) is 14.9. The minimum atomic E-state index is -0.469. The van der Waals surface area contributed by atoms with Crippen LogP contribution in [0.2, 0.25) is 0 Å². The molecule has 6 heteroatoms. The summed E-state index contributed by atoms with van der Waals surface area (Å²) >= 11 is 0. The summed E-state index contributed by atoms with van der Waals surface area (Å²) in [6, 6.07) is 5.89. The Morgan fingerprint density at radius 3 is 2.95 bits per heavy atom. The lowest BCUT2D eigenvalue weighted by atomic mass is 10.2. The molecule has 0 saturated carbocycles. The first-order chi connectivity index (χ1) is 9.70. The first kappa shape index (κ1) is 14.7. The molecular weight excluding hydrogens is 261 g/mol. The Bertz CT molecular complexity index is 450. The van der Waals surface area contributed by atoms with E-state index in [-0.39, 0.29) is 24.9 Å². The normalized spacial score (nSPS) is 18.0. The highest BCUT2D eigenvalue weighted by Crippen LogP contribution is 2.14. The average Bonchev–Trinajstić information content (AvgIpc) is 2.94. The number of aliphatic hydroxyl groups is 1. The van der Waals surface area contributed by atoms with Crippen LogP contribution in [0.1, 0.15) is 12.8 Å². The summed E-state index contributed by atoms with van der Waals surface area (Å²) in [4.78, 5) is 13.7. The Balaban J connectivity index is 1.97. The largest absolute Gasteiger partial charge is 0.395 e. The Hall–Kier alpha value is -1.66. The van der Waals surface area contributed by atoms with E-state index >= 15 is 0 Å². The fraction of sp³-hybridized carbons (Fsp3) is 0.500. The molecule has 0 bridgehead atoms. The van der Waals surface area contributed by atoms with Crippen LogP contribution in [-0.2, 0) is 0 Å². The number of anilines is 1. The van der Waals surface area contributed by atoms with E-state index in [0.29, 0.717) is 6.54 Å². The molecule has 1 aromatic carbocycles. The van der Waals surface area contributed by atoms with E-state index in [1.807, 2.05) is 0 Å². The predicted molar refractivity (Wildman–Crippen MR) is 75.1 cm³/mol. The summed E-state index contributed by atoms with van der Waals surface area (Å²) in [7, 11) is 0. The van der Waals surface area contributed by atoms with Gasteiger partial charge in [-0.15, -0.1) is 0 Å². The molecule has 1 saturated heterocycles. The molecule has 110 valence electrons. The van der Waals surface area contributed by atoms with Crippen LogP contribution in [-0.4, -0.2) is 48.3 Å². The lowest BCUT2D eigenvalue weighted by Crippen LogP contribution is -2.44. The van der Waals surface area contributed by atoms with Crippen LogP contribution < -0.4 is 10.6 Å². The molecule has 20 heavy (non-hydrogen) atoms. The molecule has 0 aliphatic carbocycles. The molecule has 5 nitrogen and oxygen atoms in total. The summed E-state index contributed by atoms with van der Waals surface area (Å²) in [6.45, 7) is 1.59. The van der Waals surface area contributed by atoms with Crippen molar-refractivity contribution in [2.75, 3.05) is 31.6 Å². The van der Waals surface area contributed by atoms with E-state index in [1.165, 1.54) is 17.0 Å². The van der Waals surface area contributed by atoms with Crippen molar-refractivity contribution in [1.29, 1.82) is 0 Å². The van der Waals surface area contributed by atoms with Crippen LogP contribution in [0, 0.1) is 5.82 Å². The van der Waals surface area contributed by atoms with Gasteiger partial charge in [-0.05, 0) is 31.5 Å². The number of amides is 2. The number of aliphatic hydroxyl groups excluding tert-OH is 1. The predicted octanol–water partition coefficient (Wildman–Crippen LogP) is 1.40. The third-order valence-corrected chi connectivity index (χ3v) is 3.38. The zero-order chi connectivity index (χ0) is 14.4. The number of halogens is 1. The van der Waals surface area contributed by atoms with Crippen LogP contribution in [0.3, 0.4) is 0 Å². The van der Waals surface area contributed by atoms with Crippen molar-refractivity contribution in [1.82, 2.24) is 10.2 Å². The zero-order valence-electron chi connectivity index (χ0n) is 11.3. The molecule has 1 heterocycles. The Morgan fingerprint density at radius 2 is 2.30 bits per heavy atom. The van der Waals surface area contributed by atoms with Gasteiger partial charge in [0, 0.05) is 19.1 Å². The van der Waals surface area contributed by atoms with Crippen LogP contribution in [0.15, 0.2) is 24.3 Å². The number of carbonyl (C=O) groups excluding carboxylic acids is 1. The lowest BCUT2D eigenvalue weighted by Gasteiger charge is -2.25. The lowest BCUT2D eigenvalue weighted by molar-refractivity contribution is 0.182. The highest BCUT2D eigenvalue weighted by Gasteiger charge is 2.21. The second-order valence-corrected chi connectivity index (χ2v) is 4.87. The van der Waals surface area contributed by atoms with Gasteiger partial charge in [0.25, 0.3) is 0 Å². The first-order valence-corrected chi connectivity index (χ1v) is 6.85. The molecule has 3 N–H and O–H groups in total. The van der Waals surface area contributed by atoms with Crippen molar-refractivity contribution >= 4 is 11.7 Å². The number of hydrogen-bond donors (Lipinski definition) is 3. The fourth-order valence-electron chi connectivity index (χ4n) is 2.33. The highest BCUT2D eigenvalue weighted by atomic mass is 19.1. The monoisotopic (exact) mass is 281 g/mol. The number of para-hydroxylation sites is 1. The third kappa shape index (κ3) is 3.91. The second kappa shape index (κ2) is 7.21. The molecule has 0 radical (unpaired) electrons. The van der Waals surface area contributed by atoms with Gasteiger partial charge in [-0.1, -0.05) is 12.1 Å². The molecule has 2 rings (SSSR count). The van der Waals surface area contributed by atoms with Crippen LogP contribution in [0.5, 0.6) is 0 Å². The number of nitrogens with zero attached hydrogens (tertiary/aromatic N) is 1. The van der Waals surface area contributed by atoms with E-state index < -0.39 is 11.8 Å². The molecule has 0 spiro atoms. The summed E-state index contributed by atoms with van der Waals surface area (Å²) in [6.07, 6.45) is 2.10. The number of hydrogen-bond acceptors (Lipinski definition) is 3. The maximum atomic E-state index is 13.5. The van der Waals surface area contributed by atoms with Gasteiger partial charge >= 0.3 is 6.03 Å². The van der Waals surface area contributed by atoms with E-state index in [2.05, 4.69) is 10.6 Å². The number of benzene rings is 1. The van der Waals surface area contributed by atoms with Crippen molar-refractivity contribution in [3.8, 4) is 0 Å². The topological polar surface area (TPSA) is 64.6 Å². The maximum absolute atomic E-state index is 13.5. The summed E-state index contributed by atoms with van der Waals surface area (Å²) < 4.78 is 13.5. The first-order valence-electron chi connectivity index (χ1n) is 6.85. The van der Waals surface area contributed by atoms with E-state index in [1.54, 1.807) is 12.1 Å². The molecule has 1 unspecified atom stereocenters. The molecule has 2 amide bonds. The number of carbonyl (C=O) groups is 1. The summed E-state index contributed by atoms with van der Waals surface area (Å²) in [5.74, 6) is -0.469. The van der Waals surface area contributed by atoms with Crippen molar-refractivity contribution in [3.05, 3.63) is 30.1 Å². The molecule has 1 fully saturated rings. The number of urea groups is 1. The van der Waals surface area contributed by atoms with Crippen LogP contribution in [0.4, 0.5) is 14.9 Å². The van der Waals surface area contributed by atoms with Gasteiger partial charge < -0.3 is 20.6 Å². The Morgan fingerprint density at radius 1 is 1.50 bits per heavy atom. The quantitative estimate of drug-likeness (QED) is 0.764. The molecule has 0 aromatic heterocycles. The van der Waals surface area contributed by atoms with E-state index in [9.17, 15) is 9.18 Å². The van der Waals surface area contributed by atoms with E-state index in [4.69, 9.17) is 5.11 Å². The zero-order valence-corrected chi connectivity index (χ0v) is 11.3. The Labute approximate surface area is 117 Å². The number of rotatable bonds is 5. The van der Waals surface area contributed by atoms with Gasteiger partial charge in [-0.3, -0.25) is 0 Å². The van der Waals surface area contributed by atoms with Gasteiger partial charge in [-0.25, -0.2) is 9.18 Å². The maximum Gasteiger partial charge on any atom is 0.322 e. The van der Waals surface area contributed by atoms with E-state index in [0.717, 1.165) is 19.4 Å². The minimum Gasteiger partial charge on any atom is -0.395 e. The Kier molecular flexibility index (Phi) is 5.31. The van der Waals surface area contributed by atoms with Gasteiger partial charge in [0.15, 0.2) is 0 Å². The highest BCUT2D eigenvalue weighted by molar-refractivity contribution is 5.89.